The van der Waals surface area contributed by atoms with Crippen LogP contribution in [0.2, 0.25) is 0 Å². The molecule has 0 aromatic heterocycles. The van der Waals surface area contributed by atoms with Gasteiger partial charge in [0.2, 0.25) is 0 Å². The number of aryl methyl sites for hydroxylation is 2. The molecule has 126 valence electrons. The Morgan fingerprint density at radius 1 is 0.625 bits per heavy atom. The highest BCUT2D eigenvalue weighted by molar-refractivity contribution is 6.29. The molecule has 0 bridgehead atoms. The second kappa shape index (κ2) is 10.2. The largest absolute Gasteiger partial charge is 0.457 e. The minimum absolute atomic E-state index is 0.215. The van der Waals surface area contributed by atoms with Gasteiger partial charge in [0, 0.05) is 0 Å². The van der Waals surface area contributed by atoms with E-state index in [0.717, 1.165) is 12.8 Å². The number of benzene rings is 2. The Balaban J connectivity index is 1.54. The molecule has 0 aliphatic carbocycles. The summed E-state index contributed by atoms with van der Waals surface area (Å²) < 4.78 is 9.85. The zero-order chi connectivity index (χ0) is 17.0. The van der Waals surface area contributed by atoms with Crippen LogP contribution in [0.4, 0.5) is 0 Å². The summed E-state index contributed by atoms with van der Waals surface area (Å²) >= 11 is 0. The maximum Gasteiger partial charge on any atom is 0.417 e. The van der Waals surface area contributed by atoms with Crippen molar-refractivity contribution in [2.45, 2.75) is 25.7 Å². The van der Waals surface area contributed by atoms with Gasteiger partial charge in [-0.3, -0.25) is 0 Å². The summed E-state index contributed by atoms with van der Waals surface area (Å²) in [7, 11) is 0. The molecule has 0 atom stereocenters. The van der Waals surface area contributed by atoms with Crippen LogP contribution in [0, 0.1) is 0 Å². The fourth-order valence-corrected chi connectivity index (χ4v) is 2.29. The van der Waals surface area contributed by atoms with Crippen LogP contribution in [0.15, 0.2) is 60.7 Å². The van der Waals surface area contributed by atoms with Crippen molar-refractivity contribution in [3.8, 4) is 0 Å². The van der Waals surface area contributed by atoms with E-state index in [1.807, 2.05) is 60.7 Å². The van der Waals surface area contributed by atoms with Crippen molar-refractivity contribution in [1.82, 2.24) is 0 Å². The monoisotopic (exact) mass is 326 g/mol. The predicted molar refractivity (Wildman–Crippen MR) is 91.4 cm³/mol. The van der Waals surface area contributed by atoms with Gasteiger partial charge >= 0.3 is 11.9 Å². The lowest BCUT2D eigenvalue weighted by molar-refractivity contribution is -0.167. The number of hydrogen-bond donors (Lipinski definition) is 0. The van der Waals surface area contributed by atoms with E-state index < -0.39 is 11.9 Å². The Bertz CT molecular complexity index is 565. The molecule has 0 saturated heterocycles. The average molecular weight is 326 g/mol. The fourth-order valence-electron chi connectivity index (χ4n) is 2.29. The van der Waals surface area contributed by atoms with E-state index in [1.54, 1.807) is 0 Å². The van der Waals surface area contributed by atoms with Crippen molar-refractivity contribution in [2.24, 2.45) is 0 Å². The molecule has 2 aromatic rings. The van der Waals surface area contributed by atoms with Crippen LogP contribution in [0.1, 0.15) is 24.0 Å². The number of carbonyl (C=O) groups is 2. The molecule has 0 saturated carbocycles. The van der Waals surface area contributed by atoms with E-state index in [4.69, 9.17) is 9.47 Å². The Morgan fingerprint density at radius 2 is 1.00 bits per heavy atom. The summed E-state index contributed by atoms with van der Waals surface area (Å²) in [6.07, 6.45) is 2.97. The van der Waals surface area contributed by atoms with Crippen molar-refractivity contribution < 1.29 is 19.1 Å². The molecule has 0 fully saturated rings. The van der Waals surface area contributed by atoms with Crippen molar-refractivity contribution in [3.63, 3.8) is 0 Å². The molecular weight excluding hydrogens is 304 g/mol. The van der Waals surface area contributed by atoms with Crippen LogP contribution in [-0.2, 0) is 31.9 Å². The average Bonchev–Trinajstić information content (AvgIpc) is 2.63. The summed E-state index contributed by atoms with van der Waals surface area (Å²) in [5, 5.41) is 0. The van der Waals surface area contributed by atoms with Crippen molar-refractivity contribution in [3.05, 3.63) is 71.8 Å². The Morgan fingerprint density at radius 3 is 1.38 bits per heavy atom. The molecule has 24 heavy (non-hydrogen) atoms. The summed E-state index contributed by atoms with van der Waals surface area (Å²) in [5.41, 5.74) is 2.36. The summed E-state index contributed by atoms with van der Waals surface area (Å²) in [4.78, 5) is 23.0. The highest BCUT2D eigenvalue weighted by Gasteiger charge is 2.16. The highest BCUT2D eigenvalue weighted by Crippen LogP contribution is 2.04. The molecule has 0 heterocycles. The first kappa shape index (κ1) is 17.7. The fraction of sp³-hybridized carbons (Fsp3) is 0.300. The standard InChI is InChI=1S/C20H22O4/c21-19(23-15-7-13-17-9-3-1-4-10-17)20(22)24-16-8-14-18-11-5-2-6-12-18/h1-6,9-12H,7-8,13-16H2. The Kier molecular flexibility index (Phi) is 7.54. The smallest absolute Gasteiger partial charge is 0.417 e. The number of esters is 2. The molecule has 2 aromatic carbocycles. The zero-order valence-corrected chi connectivity index (χ0v) is 13.6. The Labute approximate surface area is 142 Å². The maximum atomic E-state index is 11.5. The SMILES string of the molecule is O=C(OCCCc1ccccc1)C(=O)OCCCc1ccccc1. The first-order valence-electron chi connectivity index (χ1n) is 8.17. The molecule has 4 heteroatoms. The van der Waals surface area contributed by atoms with E-state index in [1.165, 1.54) is 11.1 Å². The van der Waals surface area contributed by atoms with Crippen molar-refractivity contribution >= 4 is 11.9 Å². The topological polar surface area (TPSA) is 52.6 Å². The van der Waals surface area contributed by atoms with Gasteiger partial charge < -0.3 is 9.47 Å². The second-order valence-electron chi connectivity index (χ2n) is 5.45. The van der Waals surface area contributed by atoms with Crippen LogP contribution in [0.25, 0.3) is 0 Å². The highest BCUT2D eigenvalue weighted by atomic mass is 16.6. The van der Waals surface area contributed by atoms with Gasteiger partial charge in [-0.2, -0.15) is 0 Å². The van der Waals surface area contributed by atoms with Gasteiger partial charge in [0.1, 0.15) is 0 Å². The van der Waals surface area contributed by atoms with Gasteiger partial charge in [0.05, 0.1) is 13.2 Å². The molecular formula is C20H22O4. The van der Waals surface area contributed by atoms with Crippen LogP contribution >= 0.6 is 0 Å². The van der Waals surface area contributed by atoms with Crippen LogP contribution in [-0.4, -0.2) is 25.2 Å². The third-order valence-electron chi connectivity index (χ3n) is 3.54. The lowest BCUT2D eigenvalue weighted by Crippen LogP contribution is -2.21. The minimum Gasteiger partial charge on any atom is -0.457 e. The Hall–Kier alpha value is -2.62. The number of hydrogen-bond acceptors (Lipinski definition) is 4. The first-order chi connectivity index (χ1) is 11.8. The van der Waals surface area contributed by atoms with Gasteiger partial charge in [-0.25, -0.2) is 9.59 Å². The lowest BCUT2D eigenvalue weighted by atomic mass is 10.1. The summed E-state index contributed by atoms with van der Waals surface area (Å²) in [5.74, 6) is -1.83. The second-order valence-corrected chi connectivity index (χ2v) is 5.45. The first-order valence-corrected chi connectivity index (χ1v) is 8.17. The maximum absolute atomic E-state index is 11.5. The van der Waals surface area contributed by atoms with Crippen LogP contribution < -0.4 is 0 Å². The van der Waals surface area contributed by atoms with E-state index >= 15 is 0 Å². The quantitative estimate of drug-likeness (QED) is 0.424. The lowest BCUT2D eigenvalue weighted by Gasteiger charge is -2.06. The van der Waals surface area contributed by atoms with Crippen LogP contribution in [0.3, 0.4) is 0 Å². The van der Waals surface area contributed by atoms with Crippen molar-refractivity contribution in [2.75, 3.05) is 13.2 Å². The normalized spacial score (nSPS) is 10.2. The predicted octanol–water partition coefficient (Wildman–Crippen LogP) is 3.34. The van der Waals surface area contributed by atoms with Crippen molar-refractivity contribution in [1.29, 1.82) is 0 Å². The molecule has 2 rings (SSSR count). The van der Waals surface area contributed by atoms with Gasteiger partial charge in [-0.1, -0.05) is 60.7 Å². The molecule has 0 aliphatic rings. The third kappa shape index (κ3) is 6.65. The molecule has 0 aliphatic heterocycles. The molecule has 0 unspecified atom stereocenters. The third-order valence-corrected chi connectivity index (χ3v) is 3.54. The van der Waals surface area contributed by atoms with Gasteiger partial charge in [-0.05, 0) is 36.8 Å². The van der Waals surface area contributed by atoms with Crippen LogP contribution in [0.5, 0.6) is 0 Å². The molecule has 0 radical (unpaired) electrons. The van der Waals surface area contributed by atoms with Gasteiger partial charge in [0.15, 0.2) is 0 Å². The molecule has 0 amide bonds. The number of rotatable bonds is 8. The van der Waals surface area contributed by atoms with E-state index in [9.17, 15) is 9.59 Å². The number of ether oxygens (including phenoxy) is 2. The van der Waals surface area contributed by atoms with E-state index in [2.05, 4.69) is 0 Å². The number of carbonyl (C=O) groups excluding carboxylic acids is 2. The molecule has 0 N–H and O–H groups in total. The van der Waals surface area contributed by atoms with Gasteiger partial charge in [0.25, 0.3) is 0 Å². The summed E-state index contributed by atoms with van der Waals surface area (Å²) in [6.45, 7) is 0.430. The van der Waals surface area contributed by atoms with Gasteiger partial charge in [-0.15, -0.1) is 0 Å². The summed E-state index contributed by atoms with van der Waals surface area (Å²) in [6, 6.07) is 19.8. The minimum atomic E-state index is -0.914. The zero-order valence-electron chi connectivity index (χ0n) is 13.6. The van der Waals surface area contributed by atoms with E-state index in [0.29, 0.717) is 12.8 Å². The molecule has 0 spiro atoms. The molecule has 4 nitrogen and oxygen atoms in total. The van der Waals surface area contributed by atoms with E-state index in [-0.39, 0.29) is 13.2 Å².